The van der Waals surface area contributed by atoms with Gasteiger partial charge in [-0.1, -0.05) is 57.2 Å². The van der Waals surface area contributed by atoms with Gasteiger partial charge in [-0.2, -0.15) is 12.7 Å². The Bertz CT molecular complexity index is 3250. The second-order valence-corrected chi connectivity index (χ2v) is 23.2. The number of carbonyl (C=O) groups is 4. The molecule has 3 aromatic heterocycles. The van der Waals surface area contributed by atoms with Crippen molar-refractivity contribution in [3.8, 4) is 21.6 Å². The van der Waals surface area contributed by atoms with Gasteiger partial charge in [-0.05, 0) is 65.8 Å². The predicted molar refractivity (Wildman–Crippen MR) is 286 cm³/mol. The number of fused-ring (bicyclic) bond motifs is 1. The first-order chi connectivity index (χ1) is 36.7. The molecule has 4 atom stereocenters. The molecule has 2 unspecified atom stereocenters. The minimum Gasteiger partial charge on any atom is -0.391 e. The van der Waals surface area contributed by atoms with Crippen LogP contribution in [0.3, 0.4) is 0 Å². The molecule has 23 heteroatoms. The molecule has 77 heavy (non-hydrogen) atoms. The van der Waals surface area contributed by atoms with Crippen LogP contribution in [0.4, 0.5) is 24.5 Å². The third-order valence-corrected chi connectivity index (χ3v) is 16.7. The number of ether oxygens (including phenoxy) is 1. The first kappa shape index (κ1) is 55.0. The number of piperazine rings is 1. The van der Waals surface area contributed by atoms with Crippen molar-refractivity contribution < 1.29 is 50.6 Å². The van der Waals surface area contributed by atoms with Crippen LogP contribution < -0.4 is 20.3 Å². The number of ketones is 1. The van der Waals surface area contributed by atoms with E-state index in [0.29, 0.717) is 23.1 Å². The highest BCUT2D eigenvalue weighted by molar-refractivity contribution is 7.90. The van der Waals surface area contributed by atoms with Crippen LogP contribution in [0, 0.1) is 24.0 Å². The fourth-order valence-corrected chi connectivity index (χ4v) is 11.9. The Morgan fingerprint density at radius 1 is 0.935 bits per heavy atom. The maximum absolute atomic E-state index is 15.8. The molecule has 408 valence electrons. The Hall–Kier alpha value is -6.76. The van der Waals surface area contributed by atoms with Crippen molar-refractivity contribution in [3.05, 3.63) is 119 Å². The van der Waals surface area contributed by atoms with Crippen molar-refractivity contribution >= 4 is 67.5 Å². The number of β-amino-alcohol motifs (C(OH)–C–C–N with tert-alkyl or cyclic N) is 1. The summed E-state index contributed by atoms with van der Waals surface area (Å²) in [5, 5.41) is 16.7. The van der Waals surface area contributed by atoms with Gasteiger partial charge in [-0.3, -0.25) is 28.8 Å². The van der Waals surface area contributed by atoms with Gasteiger partial charge in [0.25, 0.3) is 0 Å². The average Bonchev–Trinajstić information content (AvgIpc) is 4.27. The number of hydrogen-bond donors (Lipinski definition) is 5. The third-order valence-electron chi connectivity index (χ3n) is 14.2. The Balaban J connectivity index is 0.735. The average molecular weight is 1100 g/mol. The molecule has 6 heterocycles. The van der Waals surface area contributed by atoms with Crippen LogP contribution in [-0.4, -0.2) is 156 Å². The molecule has 0 spiro atoms. The third kappa shape index (κ3) is 12.5. The largest absolute Gasteiger partial charge is 0.391 e. The van der Waals surface area contributed by atoms with Crippen LogP contribution >= 0.6 is 11.3 Å². The number of aliphatic hydroxyl groups excluding tert-OH is 1. The number of alkyl halides is 1. The minimum absolute atomic E-state index is 0.0118. The van der Waals surface area contributed by atoms with Crippen LogP contribution in [0.5, 0.6) is 0 Å². The van der Waals surface area contributed by atoms with E-state index in [1.165, 1.54) is 11.1 Å². The summed E-state index contributed by atoms with van der Waals surface area (Å²) in [6.45, 7) is 10.6. The number of rotatable bonds is 18. The van der Waals surface area contributed by atoms with Gasteiger partial charge in [0.1, 0.15) is 36.3 Å². The lowest BCUT2D eigenvalue weighted by Crippen LogP contribution is -2.58. The lowest BCUT2D eigenvalue weighted by molar-refractivity contribution is -0.144. The van der Waals surface area contributed by atoms with E-state index in [1.54, 1.807) is 29.1 Å². The normalized spacial score (nSPS) is 18.9. The van der Waals surface area contributed by atoms with Gasteiger partial charge < -0.3 is 35.3 Å². The molecule has 0 bridgehead atoms. The fraction of sp³-hybridized carbons (Fsp3) is 0.407. The molecule has 0 saturated carbocycles. The summed E-state index contributed by atoms with van der Waals surface area (Å²) in [6, 6.07) is 17.0. The number of hydrogen-bond acceptors (Lipinski definition) is 13. The summed E-state index contributed by atoms with van der Waals surface area (Å²) in [7, 11) is -4.38. The summed E-state index contributed by atoms with van der Waals surface area (Å²) >= 11 is 1.56. The van der Waals surface area contributed by atoms with Gasteiger partial charge in [0, 0.05) is 99.9 Å². The summed E-state index contributed by atoms with van der Waals surface area (Å²) in [6.07, 6.45) is 0.704. The number of nitrogens with zero attached hydrogens (tertiary/aromatic N) is 6. The highest BCUT2D eigenvalue weighted by Gasteiger charge is 2.44. The van der Waals surface area contributed by atoms with Crippen molar-refractivity contribution in [2.24, 2.45) is 5.41 Å². The molecule has 0 radical (unpaired) electrons. The first-order valence-electron chi connectivity index (χ1n) is 25.4. The summed E-state index contributed by atoms with van der Waals surface area (Å²) in [5.41, 5.74) is 4.92. The number of anilines is 2. The molecule has 18 nitrogen and oxygen atoms in total. The van der Waals surface area contributed by atoms with Crippen LogP contribution in [0.15, 0.2) is 84.6 Å². The van der Waals surface area contributed by atoms with Gasteiger partial charge in [0.2, 0.25) is 23.5 Å². The zero-order valence-electron chi connectivity index (χ0n) is 43.0. The summed E-state index contributed by atoms with van der Waals surface area (Å²) in [4.78, 5) is 73.2. The standard InChI is InChI=1S/C54H61F3N10O8S2/c1-32-49(76-31-61-32)35-7-5-33(6-8-35)25-60-52(71)44-24-39(68)29-67(44)53(72)50(54(2,3)4)62-45(69)30-75-22-21-64-17-19-65(20-18-64)38-11-9-34(10-12-38)36-23-40-41(27-59-51(40)58-26-36)48(70)46-42(56)13-14-43(47(46)57)63-77(73,74)66-16-15-37(55)28-66/h5-14,23,26-27,31,37,39,44,50,63,68H,15-22,24-25,28-30H2,1-4H3,(H,58,59)(H,60,71)(H,62,69)/t37?,39-,44+,50?/m1/s1. The zero-order chi connectivity index (χ0) is 54.8. The van der Waals surface area contributed by atoms with E-state index in [4.69, 9.17) is 4.74 Å². The Labute approximate surface area is 448 Å². The van der Waals surface area contributed by atoms with Gasteiger partial charge in [0.05, 0.1) is 40.0 Å². The number of carbonyl (C=O) groups excluding carboxylic acids is 4. The molecule has 9 rings (SSSR count). The van der Waals surface area contributed by atoms with E-state index < -0.39 is 87.0 Å². The summed E-state index contributed by atoms with van der Waals surface area (Å²) in [5.74, 6) is -4.95. The van der Waals surface area contributed by atoms with E-state index in [0.717, 1.165) is 75.6 Å². The maximum Gasteiger partial charge on any atom is 0.301 e. The number of aliphatic hydroxyl groups is 1. The maximum atomic E-state index is 15.8. The van der Waals surface area contributed by atoms with E-state index in [2.05, 4.69) is 35.4 Å². The predicted octanol–water partition coefficient (Wildman–Crippen LogP) is 5.82. The molecule has 3 aliphatic heterocycles. The number of aryl methyl sites for hydroxylation is 1. The number of amides is 3. The number of pyridine rings is 1. The second-order valence-electron chi connectivity index (χ2n) is 20.7. The molecular formula is C54H61F3N10O8S2. The van der Waals surface area contributed by atoms with Crippen LogP contribution in [0.25, 0.3) is 32.6 Å². The molecular weight excluding hydrogens is 1040 g/mol. The van der Waals surface area contributed by atoms with Crippen molar-refractivity contribution in [2.75, 3.05) is 75.2 Å². The zero-order valence-corrected chi connectivity index (χ0v) is 44.7. The number of likely N-dealkylation sites (tertiary alicyclic amines) is 1. The highest BCUT2D eigenvalue weighted by Crippen LogP contribution is 2.33. The minimum atomic E-state index is -4.38. The van der Waals surface area contributed by atoms with Crippen molar-refractivity contribution in [2.45, 2.75) is 71.4 Å². The topological polar surface area (TPSA) is 222 Å². The number of aromatic amines is 1. The number of thiazole rings is 1. The molecule has 3 fully saturated rings. The quantitative estimate of drug-likeness (QED) is 0.0508. The fourth-order valence-electron chi connectivity index (χ4n) is 9.87. The van der Waals surface area contributed by atoms with Gasteiger partial charge in [-0.15, -0.1) is 11.3 Å². The van der Waals surface area contributed by atoms with Crippen LogP contribution in [-0.2, 0) is 35.9 Å². The van der Waals surface area contributed by atoms with Crippen molar-refractivity contribution in [1.29, 1.82) is 0 Å². The second kappa shape index (κ2) is 23.1. The Morgan fingerprint density at radius 2 is 1.66 bits per heavy atom. The molecule has 0 aliphatic carbocycles. The van der Waals surface area contributed by atoms with E-state index >= 15 is 8.78 Å². The van der Waals surface area contributed by atoms with Gasteiger partial charge in [-0.25, -0.2) is 23.1 Å². The van der Waals surface area contributed by atoms with E-state index in [9.17, 15) is 37.1 Å². The van der Waals surface area contributed by atoms with E-state index in [-0.39, 0.29) is 57.2 Å². The molecule has 3 aliphatic rings. The van der Waals surface area contributed by atoms with Gasteiger partial charge in [0.15, 0.2) is 5.82 Å². The summed E-state index contributed by atoms with van der Waals surface area (Å²) < 4.78 is 79.0. The molecule has 6 aromatic rings. The highest BCUT2D eigenvalue weighted by atomic mass is 32.2. The molecule has 3 aromatic carbocycles. The molecule has 5 N–H and O–H groups in total. The molecule has 3 saturated heterocycles. The van der Waals surface area contributed by atoms with Gasteiger partial charge >= 0.3 is 10.2 Å². The number of H-pyrrole nitrogens is 1. The SMILES string of the molecule is Cc1ncsc1-c1ccc(CNC(=O)[C@@H]2C[C@@H](O)CN2C(=O)C(NC(=O)COCCN2CCN(c3ccc(-c4cnc5[nH]cc(C(=O)c6c(F)ccc(NS(=O)(=O)N7CCC(F)C7)c6F)c5c4)cc3)CC2)C(C)(C)C)cc1. The Morgan fingerprint density at radius 3 is 2.34 bits per heavy atom. The van der Waals surface area contributed by atoms with Crippen molar-refractivity contribution in [1.82, 2.24) is 39.7 Å². The lowest BCUT2D eigenvalue weighted by Gasteiger charge is -2.36. The lowest BCUT2D eigenvalue weighted by atomic mass is 9.85. The number of benzene rings is 3. The Kier molecular flexibility index (Phi) is 16.5. The van der Waals surface area contributed by atoms with Crippen LogP contribution in [0.1, 0.15) is 60.8 Å². The monoisotopic (exact) mass is 1100 g/mol. The van der Waals surface area contributed by atoms with E-state index in [1.807, 2.05) is 80.9 Å². The molecule has 3 amide bonds. The number of aromatic nitrogens is 3. The number of halogens is 3. The van der Waals surface area contributed by atoms with Crippen LogP contribution in [0.2, 0.25) is 0 Å². The van der Waals surface area contributed by atoms with Crippen molar-refractivity contribution in [3.63, 3.8) is 0 Å². The smallest absolute Gasteiger partial charge is 0.301 e. The number of nitrogens with one attached hydrogen (secondary N) is 4. The first-order valence-corrected chi connectivity index (χ1v) is 27.7.